The first kappa shape index (κ1) is 18.3. The quantitative estimate of drug-likeness (QED) is 0.435. The zero-order chi connectivity index (χ0) is 19.7. The van der Waals surface area contributed by atoms with Gasteiger partial charge in [0.25, 0.3) is 0 Å². The smallest absolute Gasteiger partial charge is 0.320 e. The lowest BCUT2D eigenvalue weighted by Gasteiger charge is -2.08. The molecule has 144 valence electrons. The number of benzene rings is 1. The molecule has 0 atom stereocenters. The van der Waals surface area contributed by atoms with E-state index >= 15 is 0 Å². The summed E-state index contributed by atoms with van der Waals surface area (Å²) in [5, 5.41) is 1.90. The lowest BCUT2D eigenvalue weighted by atomic mass is 10.3. The number of halogens is 2. The highest BCUT2D eigenvalue weighted by Crippen LogP contribution is 2.26. The molecule has 28 heavy (non-hydrogen) atoms. The molecule has 4 rings (SSSR count). The van der Waals surface area contributed by atoms with Crippen molar-refractivity contribution in [1.29, 1.82) is 0 Å². The summed E-state index contributed by atoms with van der Waals surface area (Å²) in [6.45, 7) is -1.43. The lowest BCUT2D eigenvalue weighted by Crippen LogP contribution is -2.12. The zero-order valence-corrected chi connectivity index (χ0v) is 15.6. The Hall–Kier alpha value is -3.07. The first-order chi connectivity index (χ1) is 13.5. The van der Waals surface area contributed by atoms with Crippen molar-refractivity contribution in [1.82, 2.24) is 14.5 Å². The Morgan fingerprint density at radius 2 is 2.07 bits per heavy atom. The number of thiophene rings is 1. The molecular weight excluding hydrogens is 388 g/mol. The van der Waals surface area contributed by atoms with Crippen LogP contribution in [0, 0.1) is 6.92 Å². The first-order valence-electron chi connectivity index (χ1n) is 8.42. The molecule has 6 nitrogen and oxygen atoms in total. The fourth-order valence-corrected chi connectivity index (χ4v) is 3.49. The van der Waals surface area contributed by atoms with E-state index in [9.17, 15) is 13.6 Å². The zero-order valence-electron chi connectivity index (χ0n) is 14.8. The van der Waals surface area contributed by atoms with Gasteiger partial charge < -0.3 is 9.15 Å². The highest BCUT2D eigenvalue weighted by Gasteiger charge is 2.20. The van der Waals surface area contributed by atoms with Gasteiger partial charge >= 0.3 is 12.5 Å². The average Bonchev–Trinajstić information content (AvgIpc) is 3.38. The molecule has 0 saturated heterocycles. The number of carbonyl (C=O) groups excluding carboxylic acids is 1. The average molecular weight is 403 g/mol. The molecule has 0 bridgehead atoms. The number of oxazole rings is 1. The molecule has 0 saturated carbocycles. The minimum Gasteiger partial charge on any atom is -0.457 e. The maximum absolute atomic E-state index is 13.4. The predicted molar refractivity (Wildman–Crippen MR) is 99.0 cm³/mol. The molecule has 0 aliphatic carbocycles. The third kappa shape index (κ3) is 3.53. The number of hydrogen-bond donors (Lipinski definition) is 0. The number of ether oxygens (including phenoxy) is 1. The van der Waals surface area contributed by atoms with Crippen molar-refractivity contribution in [3.63, 3.8) is 0 Å². The topological polar surface area (TPSA) is 70.2 Å². The van der Waals surface area contributed by atoms with E-state index < -0.39 is 12.5 Å². The van der Waals surface area contributed by atoms with Crippen LogP contribution in [0.25, 0.3) is 21.8 Å². The molecular formula is C19H15F2N3O3S. The van der Waals surface area contributed by atoms with Gasteiger partial charge in [-0.1, -0.05) is 18.2 Å². The number of esters is 1. The number of rotatable bonds is 6. The van der Waals surface area contributed by atoms with Crippen LogP contribution in [0.15, 0.2) is 46.2 Å². The van der Waals surface area contributed by atoms with Crippen molar-refractivity contribution in [2.24, 2.45) is 0 Å². The van der Waals surface area contributed by atoms with Crippen molar-refractivity contribution >= 4 is 28.3 Å². The molecule has 1 aromatic carbocycles. The second kappa shape index (κ2) is 7.51. The highest BCUT2D eigenvalue weighted by molar-refractivity contribution is 7.13. The molecule has 4 aromatic rings. The molecule has 3 heterocycles. The summed E-state index contributed by atoms with van der Waals surface area (Å²) >= 11 is 1.48. The van der Waals surface area contributed by atoms with E-state index in [0.717, 1.165) is 9.44 Å². The van der Waals surface area contributed by atoms with Gasteiger partial charge in [0.15, 0.2) is 5.82 Å². The van der Waals surface area contributed by atoms with Gasteiger partial charge in [-0.25, -0.2) is 9.97 Å². The lowest BCUT2D eigenvalue weighted by molar-refractivity contribution is -0.144. The summed E-state index contributed by atoms with van der Waals surface area (Å²) in [5.74, 6) is 0.345. The van der Waals surface area contributed by atoms with Crippen molar-refractivity contribution in [3.8, 4) is 10.8 Å². The number of nitrogens with zero attached hydrogens (tertiary/aromatic N) is 3. The fraction of sp³-hybridized carbons (Fsp3) is 0.211. The number of hydrogen-bond acceptors (Lipinski definition) is 6. The Balaban J connectivity index is 1.47. The van der Waals surface area contributed by atoms with E-state index in [4.69, 9.17) is 9.15 Å². The van der Waals surface area contributed by atoms with E-state index in [-0.39, 0.29) is 24.4 Å². The van der Waals surface area contributed by atoms with Gasteiger partial charge in [-0.15, -0.1) is 11.3 Å². The number of alkyl halides is 2. The molecule has 0 radical (unpaired) electrons. The van der Waals surface area contributed by atoms with Crippen LogP contribution < -0.4 is 0 Å². The van der Waals surface area contributed by atoms with Crippen LogP contribution in [-0.2, 0) is 22.6 Å². The largest absolute Gasteiger partial charge is 0.457 e. The van der Waals surface area contributed by atoms with E-state index in [2.05, 4.69) is 9.97 Å². The number of aryl methyl sites for hydroxylation is 1. The minimum atomic E-state index is -2.78. The van der Waals surface area contributed by atoms with Crippen LogP contribution >= 0.6 is 11.3 Å². The van der Waals surface area contributed by atoms with E-state index in [0.29, 0.717) is 22.9 Å². The van der Waals surface area contributed by atoms with Crippen molar-refractivity contribution < 1.29 is 22.7 Å². The predicted octanol–water partition coefficient (Wildman–Crippen LogP) is 4.74. The van der Waals surface area contributed by atoms with Gasteiger partial charge in [0, 0.05) is 0 Å². The second-order valence-corrected chi connectivity index (χ2v) is 6.95. The van der Waals surface area contributed by atoms with Crippen LogP contribution in [0.3, 0.4) is 0 Å². The van der Waals surface area contributed by atoms with Gasteiger partial charge in [-0.3, -0.25) is 9.36 Å². The Kier molecular flexibility index (Phi) is 4.91. The summed E-state index contributed by atoms with van der Waals surface area (Å²) < 4.78 is 38.4. The normalized spacial score (nSPS) is 11.4. The maximum Gasteiger partial charge on any atom is 0.320 e. The molecule has 9 heteroatoms. The SMILES string of the molecule is Cc1oc(-c2cccs2)nc1CC(=O)OCc1nc2ccccc2n1C(F)F. The van der Waals surface area contributed by atoms with Crippen LogP contribution in [-0.4, -0.2) is 20.5 Å². The van der Waals surface area contributed by atoms with Crippen molar-refractivity contribution in [3.05, 3.63) is 59.1 Å². The minimum absolute atomic E-state index is 0.0132. The number of aromatic nitrogens is 3. The number of carbonyl (C=O) groups is 1. The molecule has 0 amide bonds. The maximum atomic E-state index is 13.4. The van der Waals surface area contributed by atoms with Gasteiger partial charge in [0.05, 0.1) is 28.0 Å². The molecule has 0 aliphatic rings. The van der Waals surface area contributed by atoms with E-state index in [1.165, 1.54) is 11.3 Å². The van der Waals surface area contributed by atoms with Gasteiger partial charge in [0.2, 0.25) is 5.89 Å². The molecule has 0 unspecified atom stereocenters. The van der Waals surface area contributed by atoms with Crippen molar-refractivity contribution in [2.75, 3.05) is 0 Å². The Labute approximate surface area is 162 Å². The molecule has 0 fully saturated rings. The fourth-order valence-electron chi connectivity index (χ4n) is 2.84. The summed E-state index contributed by atoms with van der Waals surface area (Å²) in [4.78, 5) is 21.5. The van der Waals surface area contributed by atoms with Gasteiger partial charge in [-0.2, -0.15) is 8.78 Å². The van der Waals surface area contributed by atoms with Gasteiger partial charge in [-0.05, 0) is 30.5 Å². The Bertz CT molecular complexity index is 1120. The number of para-hydroxylation sites is 2. The van der Waals surface area contributed by atoms with E-state index in [1.54, 1.807) is 31.2 Å². The summed E-state index contributed by atoms with van der Waals surface area (Å²) in [6.07, 6.45) is -0.115. The molecule has 0 spiro atoms. The Morgan fingerprint density at radius 1 is 1.25 bits per heavy atom. The molecule has 0 N–H and O–H groups in total. The van der Waals surface area contributed by atoms with Crippen LogP contribution in [0.5, 0.6) is 0 Å². The van der Waals surface area contributed by atoms with Crippen molar-refractivity contribution in [2.45, 2.75) is 26.5 Å². The number of imidazole rings is 1. The van der Waals surface area contributed by atoms with Gasteiger partial charge in [0.1, 0.15) is 12.4 Å². The van der Waals surface area contributed by atoms with E-state index in [1.807, 2.05) is 17.5 Å². The Morgan fingerprint density at radius 3 is 2.82 bits per heavy atom. The molecule has 0 aliphatic heterocycles. The third-order valence-corrected chi connectivity index (χ3v) is 5.02. The summed E-state index contributed by atoms with van der Waals surface area (Å²) in [6, 6.07) is 10.3. The summed E-state index contributed by atoms with van der Waals surface area (Å²) in [7, 11) is 0. The third-order valence-electron chi connectivity index (χ3n) is 4.16. The van der Waals surface area contributed by atoms with Crippen LogP contribution in [0.2, 0.25) is 0 Å². The molecule has 3 aromatic heterocycles. The summed E-state index contributed by atoms with van der Waals surface area (Å²) in [5.41, 5.74) is 1.16. The van der Waals surface area contributed by atoms with Crippen LogP contribution in [0.4, 0.5) is 8.78 Å². The second-order valence-electron chi connectivity index (χ2n) is 6.00. The first-order valence-corrected chi connectivity index (χ1v) is 9.30. The monoisotopic (exact) mass is 403 g/mol. The standard InChI is InChI=1S/C19H15F2N3O3S/c1-11-13(23-18(27-11)15-7-4-8-28-15)9-17(25)26-10-16-22-12-5-2-3-6-14(12)24(16)19(20)21/h2-8,19H,9-10H2,1H3. The number of fused-ring (bicyclic) bond motifs is 1. The van der Waals surface area contributed by atoms with Crippen LogP contribution in [0.1, 0.15) is 23.8 Å². The highest BCUT2D eigenvalue weighted by atomic mass is 32.1.